The van der Waals surface area contributed by atoms with Crippen molar-refractivity contribution in [2.24, 2.45) is 0 Å². The Hall–Kier alpha value is -3.79. The van der Waals surface area contributed by atoms with Crippen molar-refractivity contribution in [3.63, 3.8) is 0 Å². The minimum atomic E-state index is -0.540. The first-order chi connectivity index (χ1) is 16.5. The minimum absolute atomic E-state index is 0.0176. The van der Waals surface area contributed by atoms with Crippen molar-refractivity contribution >= 4 is 22.7 Å². The number of nitro benzene ring substituents is 1. The quantitative estimate of drug-likeness (QED) is 0.265. The second-order valence-electron chi connectivity index (χ2n) is 7.98. The molecule has 0 bridgehead atoms. The van der Waals surface area contributed by atoms with Gasteiger partial charge in [0.05, 0.1) is 29.0 Å². The highest BCUT2D eigenvalue weighted by molar-refractivity contribution is 5.75. The second kappa shape index (κ2) is 10.4. The first kappa shape index (κ1) is 23.4. The van der Waals surface area contributed by atoms with E-state index in [4.69, 9.17) is 14.2 Å². The fourth-order valence-corrected chi connectivity index (χ4v) is 3.89. The first-order valence-corrected chi connectivity index (χ1v) is 11.1. The molecular formula is C24H25N3O7. The molecule has 0 spiro atoms. The lowest BCUT2D eigenvalue weighted by Gasteiger charge is -2.20. The number of aryl methyl sites for hydroxylation is 2. The van der Waals surface area contributed by atoms with Crippen LogP contribution in [0.5, 0.6) is 5.75 Å². The van der Waals surface area contributed by atoms with E-state index in [9.17, 15) is 19.7 Å². The van der Waals surface area contributed by atoms with Gasteiger partial charge in [0.1, 0.15) is 18.1 Å². The highest BCUT2D eigenvalue weighted by Crippen LogP contribution is 2.33. The predicted octanol–water partition coefficient (Wildman–Crippen LogP) is 3.65. The summed E-state index contributed by atoms with van der Waals surface area (Å²) in [5.41, 5.74) is 2.36. The molecule has 10 nitrogen and oxygen atoms in total. The highest BCUT2D eigenvalue weighted by atomic mass is 16.7. The molecule has 0 aliphatic carbocycles. The molecule has 3 aromatic rings. The summed E-state index contributed by atoms with van der Waals surface area (Å²) >= 11 is 0. The number of nitrogens with zero attached hydrogens (tertiary/aromatic N) is 3. The average Bonchev–Trinajstić information content (AvgIpc) is 2.85. The summed E-state index contributed by atoms with van der Waals surface area (Å²) in [6.45, 7) is 2.65. The molecule has 0 radical (unpaired) electrons. The molecular weight excluding hydrogens is 442 g/mol. The predicted molar refractivity (Wildman–Crippen MR) is 122 cm³/mol. The van der Waals surface area contributed by atoms with Gasteiger partial charge in [-0.1, -0.05) is 25.5 Å². The summed E-state index contributed by atoms with van der Waals surface area (Å²) in [5.74, 6) is -0.110. The van der Waals surface area contributed by atoms with E-state index in [-0.39, 0.29) is 44.1 Å². The van der Waals surface area contributed by atoms with Crippen molar-refractivity contribution in [3.05, 3.63) is 73.7 Å². The lowest BCUT2D eigenvalue weighted by Crippen LogP contribution is -2.26. The van der Waals surface area contributed by atoms with Gasteiger partial charge in [0.25, 0.3) is 11.2 Å². The van der Waals surface area contributed by atoms with Crippen LogP contribution in [0.3, 0.4) is 0 Å². The maximum atomic E-state index is 13.0. The molecule has 1 aliphatic rings. The molecule has 4 rings (SSSR count). The maximum absolute atomic E-state index is 13.0. The number of rotatable bonds is 9. The topological polar surface area (TPSA) is 123 Å². The lowest BCUT2D eigenvalue weighted by molar-refractivity contribution is -0.385. The third-order valence-electron chi connectivity index (χ3n) is 5.59. The van der Waals surface area contributed by atoms with Crippen LogP contribution in [0.4, 0.5) is 5.69 Å². The molecule has 10 heteroatoms. The van der Waals surface area contributed by atoms with Crippen molar-refractivity contribution < 1.29 is 23.9 Å². The van der Waals surface area contributed by atoms with Gasteiger partial charge < -0.3 is 18.8 Å². The minimum Gasteiger partial charge on any atom is -0.467 e. The van der Waals surface area contributed by atoms with Crippen LogP contribution in [0.25, 0.3) is 11.0 Å². The normalized spacial score (nSPS) is 12.7. The van der Waals surface area contributed by atoms with Gasteiger partial charge in [-0.3, -0.25) is 19.7 Å². The molecule has 0 N–H and O–H groups in total. The molecule has 0 fully saturated rings. The Kier molecular flexibility index (Phi) is 7.17. The zero-order chi connectivity index (χ0) is 24.1. The van der Waals surface area contributed by atoms with E-state index >= 15 is 0 Å². The number of non-ortho nitro benzene ring substituents is 1. The fourth-order valence-electron chi connectivity index (χ4n) is 3.89. The summed E-state index contributed by atoms with van der Waals surface area (Å²) in [5, 5.41) is 11.2. The van der Waals surface area contributed by atoms with Crippen LogP contribution >= 0.6 is 0 Å². The Bertz CT molecular complexity index is 1290. The zero-order valence-corrected chi connectivity index (χ0v) is 18.8. The maximum Gasteiger partial charge on any atom is 0.306 e. The van der Waals surface area contributed by atoms with Crippen LogP contribution in [-0.2, 0) is 40.4 Å². The molecule has 0 unspecified atom stereocenters. The van der Waals surface area contributed by atoms with Crippen molar-refractivity contribution in [3.8, 4) is 5.75 Å². The van der Waals surface area contributed by atoms with Crippen molar-refractivity contribution in [1.82, 2.24) is 9.55 Å². The van der Waals surface area contributed by atoms with Crippen LogP contribution in [0.2, 0.25) is 0 Å². The molecule has 2 heterocycles. The number of hydrogen-bond acceptors (Lipinski definition) is 8. The molecule has 34 heavy (non-hydrogen) atoms. The number of unbranched alkanes of at least 4 members (excludes halogenated alkanes) is 1. The number of fused-ring (bicyclic) bond motifs is 2. The Morgan fingerprint density at radius 1 is 1.29 bits per heavy atom. The summed E-state index contributed by atoms with van der Waals surface area (Å²) < 4.78 is 17.7. The third-order valence-corrected chi connectivity index (χ3v) is 5.59. The van der Waals surface area contributed by atoms with Gasteiger partial charge in [0, 0.05) is 36.2 Å². The van der Waals surface area contributed by atoms with Crippen LogP contribution in [0.15, 0.2) is 41.2 Å². The van der Waals surface area contributed by atoms with Crippen molar-refractivity contribution in [1.29, 1.82) is 0 Å². The highest BCUT2D eigenvalue weighted by Gasteiger charge is 2.22. The smallest absolute Gasteiger partial charge is 0.306 e. The fraction of sp³-hybridized carbons (Fsp3) is 0.375. The Balaban J connectivity index is 1.47. The van der Waals surface area contributed by atoms with E-state index in [1.165, 1.54) is 12.1 Å². The standard InChI is InChI=1S/C24H25N3O7/c1-2-3-10-26-21-7-5-4-6-19(21)25-20(24(26)29)8-9-22(28)33-14-17-12-18(27(30)31)11-16-13-32-15-34-23(16)17/h4-7,11-12H,2-3,8-10,13-15H2,1H3. The van der Waals surface area contributed by atoms with Gasteiger partial charge in [-0.2, -0.15) is 0 Å². The average molecular weight is 467 g/mol. The van der Waals surface area contributed by atoms with E-state index in [1.54, 1.807) is 4.57 Å². The number of aromatic nitrogens is 2. The number of para-hydroxylation sites is 2. The largest absolute Gasteiger partial charge is 0.467 e. The Morgan fingerprint density at radius 2 is 2.12 bits per heavy atom. The first-order valence-electron chi connectivity index (χ1n) is 11.1. The lowest BCUT2D eigenvalue weighted by atomic mass is 10.1. The van der Waals surface area contributed by atoms with E-state index < -0.39 is 10.9 Å². The van der Waals surface area contributed by atoms with Gasteiger partial charge in [0.2, 0.25) is 0 Å². The number of hydrogen-bond donors (Lipinski definition) is 0. The molecule has 178 valence electrons. The van der Waals surface area contributed by atoms with Gasteiger partial charge >= 0.3 is 5.97 Å². The summed E-state index contributed by atoms with van der Waals surface area (Å²) in [7, 11) is 0. The molecule has 1 aromatic heterocycles. The molecule has 0 atom stereocenters. The van der Waals surface area contributed by atoms with Crippen LogP contribution < -0.4 is 10.3 Å². The summed E-state index contributed by atoms with van der Waals surface area (Å²) in [6.07, 6.45) is 1.89. The summed E-state index contributed by atoms with van der Waals surface area (Å²) in [4.78, 5) is 40.6. The van der Waals surface area contributed by atoms with Crippen molar-refractivity contribution in [2.45, 2.75) is 52.4 Å². The van der Waals surface area contributed by atoms with Crippen molar-refractivity contribution in [2.75, 3.05) is 6.79 Å². The van der Waals surface area contributed by atoms with Crippen LogP contribution in [-0.4, -0.2) is 27.2 Å². The number of esters is 1. The van der Waals surface area contributed by atoms with Crippen LogP contribution in [0, 0.1) is 10.1 Å². The van der Waals surface area contributed by atoms with E-state index in [2.05, 4.69) is 11.9 Å². The Morgan fingerprint density at radius 3 is 2.91 bits per heavy atom. The number of benzene rings is 2. The van der Waals surface area contributed by atoms with E-state index in [0.717, 1.165) is 18.4 Å². The molecule has 2 aromatic carbocycles. The number of nitro groups is 1. The SMILES string of the molecule is CCCCn1c(=O)c(CCC(=O)OCc2cc([N+](=O)[O-])cc3c2OCOC3)nc2ccccc21. The summed E-state index contributed by atoms with van der Waals surface area (Å²) in [6, 6.07) is 10.1. The van der Waals surface area contributed by atoms with Gasteiger partial charge in [-0.25, -0.2) is 4.98 Å². The van der Waals surface area contributed by atoms with Gasteiger partial charge in [0.15, 0.2) is 6.79 Å². The molecule has 0 amide bonds. The van der Waals surface area contributed by atoms with Gasteiger partial charge in [-0.15, -0.1) is 0 Å². The zero-order valence-electron chi connectivity index (χ0n) is 18.8. The number of carbonyl (C=O) groups is 1. The van der Waals surface area contributed by atoms with Crippen LogP contribution in [0.1, 0.15) is 43.0 Å². The second-order valence-corrected chi connectivity index (χ2v) is 7.98. The monoisotopic (exact) mass is 467 g/mol. The number of ether oxygens (including phenoxy) is 3. The van der Waals surface area contributed by atoms with E-state index in [1.807, 2.05) is 24.3 Å². The van der Waals surface area contributed by atoms with Gasteiger partial charge in [-0.05, 0) is 18.6 Å². The molecule has 0 saturated carbocycles. The Labute approximate surface area is 195 Å². The molecule has 0 saturated heterocycles. The van der Waals surface area contributed by atoms with E-state index in [0.29, 0.717) is 34.6 Å². The third kappa shape index (κ3) is 5.07. The number of carbonyl (C=O) groups excluding carboxylic acids is 1. The molecule has 1 aliphatic heterocycles.